The monoisotopic (exact) mass is 651 g/mol. The van der Waals surface area contributed by atoms with E-state index in [2.05, 4.69) is 5.10 Å². The Hall–Kier alpha value is -4.01. The molecular weight excluding hydrogens is 630 g/mol. The second-order valence-electron chi connectivity index (χ2n) is 10.2. The molecule has 44 heavy (non-hydrogen) atoms. The maximum Gasteiger partial charge on any atom is 0.433 e. The molecule has 1 fully saturated rings. The lowest BCUT2D eigenvalue weighted by Gasteiger charge is -2.28. The van der Waals surface area contributed by atoms with E-state index in [1.165, 1.54) is 0 Å². The van der Waals surface area contributed by atoms with E-state index in [9.17, 15) is 54.6 Å². The van der Waals surface area contributed by atoms with Crippen LogP contribution in [0.25, 0.3) is 0 Å². The van der Waals surface area contributed by atoms with Crippen molar-refractivity contribution in [2.75, 3.05) is 6.54 Å². The van der Waals surface area contributed by atoms with Crippen molar-refractivity contribution in [3.05, 3.63) is 87.2 Å². The second kappa shape index (κ2) is 12.5. The predicted molar refractivity (Wildman–Crippen MR) is 138 cm³/mol. The highest BCUT2D eigenvalue weighted by Crippen LogP contribution is 2.40. The maximum atomic E-state index is 14.4. The molecule has 236 valence electrons. The summed E-state index contributed by atoms with van der Waals surface area (Å²) in [7, 11) is 0. The Labute approximate surface area is 249 Å². The molecule has 0 aliphatic heterocycles. The van der Waals surface area contributed by atoms with Crippen molar-refractivity contribution in [2.45, 2.75) is 50.6 Å². The zero-order chi connectivity index (χ0) is 32.6. The van der Waals surface area contributed by atoms with E-state index in [1.807, 2.05) is 0 Å². The SMILES string of the molecule is O=C(CN(Cc1cc(F)cc(F)c1)C(=O)c1cnn(C2CCC(C(=O)O)CC2)c1C(F)(F)F)c1c(Cl)cccc1C(F)(F)F. The Balaban J connectivity index is 1.76. The van der Waals surface area contributed by atoms with Gasteiger partial charge in [-0.3, -0.25) is 19.1 Å². The summed E-state index contributed by atoms with van der Waals surface area (Å²) in [5.41, 5.74) is -5.42. The minimum atomic E-state index is -5.20. The molecule has 4 rings (SSSR count). The lowest BCUT2D eigenvalue weighted by molar-refractivity contribution is -0.147. The Morgan fingerprint density at radius 1 is 0.955 bits per heavy atom. The Morgan fingerprint density at radius 3 is 2.11 bits per heavy atom. The molecule has 1 aromatic heterocycles. The molecule has 1 saturated carbocycles. The highest BCUT2D eigenvalue weighted by atomic mass is 35.5. The Morgan fingerprint density at radius 2 is 1.57 bits per heavy atom. The van der Waals surface area contributed by atoms with Gasteiger partial charge < -0.3 is 10.0 Å². The number of benzene rings is 2. The number of hydrogen-bond donors (Lipinski definition) is 1. The highest BCUT2D eigenvalue weighted by molar-refractivity contribution is 6.34. The smallest absolute Gasteiger partial charge is 0.433 e. The standard InChI is InChI=1S/C28H22ClF8N3O4/c29-21-3-1-2-20(27(32,33)34)23(21)22(41)13-39(12-14-8-16(30)10-17(31)9-14)25(42)19-11-38-40(24(19)28(35,36)37)18-6-4-15(5-7-18)26(43)44/h1-3,8-11,15,18H,4-7,12-13H2,(H,43,44). The topological polar surface area (TPSA) is 92.5 Å². The fraction of sp³-hybridized carbons (Fsp3) is 0.357. The van der Waals surface area contributed by atoms with Gasteiger partial charge in [-0.25, -0.2) is 8.78 Å². The van der Waals surface area contributed by atoms with Gasteiger partial charge in [0.05, 0.1) is 46.4 Å². The quantitative estimate of drug-likeness (QED) is 0.206. The van der Waals surface area contributed by atoms with Crippen LogP contribution in [-0.2, 0) is 23.7 Å². The van der Waals surface area contributed by atoms with Crippen LogP contribution in [0.4, 0.5) is 35.1 Å². The van der Waals surface area contributed by atoms with Crippen molar-refractivity contribution in [1.29, 1.82) is 0 Å². The summed E-state index contributed by atoms with van der Waals surface area (Å²) in [4.78, 5) is 38.6. The molecule has 2 aromatic carbocycles. The molecule has 7 nitrogen and oxygen atoms in total. The van der Waals surface area contributed by atoms with Crippen LogP contribution < -0.4 is 0 Å². The van der Waals surface area contributed by atoms with Crippen molar-refractivity contribution in [3.63, 3.8) is 0 Å². The van der Waals surface area contributed by atoms with Gasteiger partial charge in [0.1, 0.15) is 11.6 Å². The summed E-state index contributed by atoms with van der Waals surface area (Å²) in [5.74, 6) is -7.02. The molecule has 0 saturated heterocycles. The molecule has 1 aliphatic carbocycles. The van der Waals surface area contributed by atoms with Crippen LogP contribution in [0.1, 0.15) is 69.3 Å². The molecule has 1 aliphatic rings. The molecule has 1 amide bonds. The normalized spacial score (nSPS) is 17.4. The molecular formula is C28H22ClF8N3O4. The lowest BCUT2D eigenvalue weighted by atomic mass is 9.86. The molecule has 0 radical (unpaired) electrons. The average Bonchev–Trinajstić information content (AvgIpc) is 3.37. The van der Waals surface area contributed by atoms with E-state index in [4.69, 9.17) is 11.6 Å². The van der Waals surface area contributed by atoms with Crippen LogP contribution in [0.2, 0.25) is 5.02 Å². The molecule has 0 atom stereocenters. The summed E-state index contributed by atoms with van der Waals surface area (Å²) in [6, 6.07) is 3.47. The highest BCUT2D eigenvalue weighted by Gasteiger charge is 2.44. The van der Waals surface area contributed by atoms with Gasteiger partial charge in [-0.05, 0) is 55.5 Å². The van der Waals surface area contributed by atoms with Crippen molar-refractivity contribution >= 4 is 29.3 Å². The first-order valence-electron chi connectivity index (χ1n) is 13.0. The minimum absolute atomic E-state index is 0.00709. The van der Waals surface area contributed by atoms with E-state index >= 15 is 0 Å². The molecule has 1 N–H and O–H groups in total. The minimum Gasteiger partial charge on any atom is -0.481 e. The number of carbonyl (C=O) groups is 3. The van der Waals surface area contributed by atoms with Crippen LogP contribution in [0, 0.1) is 17.6 Å². The summed E-state index contributed by atoms with van der Waals surface area (Å²) in [5, 5.41) is 12.3. The van der Waals surface area contributed by atoms with Gasteiger partial charge in [0.2, 0.25) is 0 Å². The van der Waals surface area contributed by atoms with E-state index in [-0.39, 0.29) is 31.2 Å². The Bertz CT molecular complexity index is 1560. The van der Waals surface area contributed by atoms with E-state index < -0.39 is 94.1 Å². The third-order valence-corrected chi connectivity index (χ3v) is 7.52. The van der Waals surface area contributed by atoms with Gasteiger partial charge in [0, 0.05) is 12.6 Å². The average molecular weight is 652 g/mol. The molecule has 3 aromatic rings. The van der Waals surface area contributed by atoms with Crippen molar-refractivity contribution in [3.8, 4) is 0 Å². The number of amides is 1. The zero-order valence-corrected chi connectivity index (χ0v) is 23.1. The number of rotatable bonds is 8. The number of carboxylic acid groups (broad SMARTS) is 1. The van der Waals surface area contributed by atoms with E-state index in [1.54, 1.807) is 0 Å². The third-order valence-electron chi connectivity index (χ3n) is 7.20. The number of ketones is 1. The van der Waals surface area contributed by atoms with Crippen LogP contribution in [0.15, 0.2) is 42.6 Å². The van der Waals surface area contributed by atoms with Gasteiger partial charge in [-0.2, -0.15) is 31.4 Å². The summed E-state index contributed by atoms with van der Waals surface area (Å²) >= 11 is 5.89. The number of hydrogen-bond acceptors (Lipinski definition) is 4. The largest absolute Gasteiger partial charge is 0.481 e. The van der Waals surface area contributed by atoms with Gasteiger partial charge in [-0.1, -0.05) is 17.7 Å². The number of carboxylic acids is 1. The Kier molecular flexibility index (Phi) is 9.37. The molecule has 1 heterocycles. The van der Waals surface area contributed by atoms with Crippen LogP contribution >= 0.6 is 11.6 Å². The van der Waals surface area contributed by atoms with Gasteiger partial charge in [0.25, 0.3) is 5.91 Å². The number of aromatic nitrogens is 2. The fourth-order valence-electron chi connectivity index (χ4n) is 5.23. The van der Waals surface area contributed by atoms with Crippen molar-refractivity contribution < 1.29 is 54.6 Å². The summed E-state index contributed by atoms with van der Waals surface area (Å²) in [6.07, 6.45) is -9.61. The second-order valence-corrected chi connectivity index (χ2v) is 10.6. The number of halogens is 9. The van der Waals surface area contributed by atoms with E-state index in [0.717, 1.165) is 24.3 Å². The van der Waals surface area contributed by atoms with Crippen LogP contribution in [0.5, 0.6) is 0 Å². The first-order valence-corrected chi connectivity index (χ1v) is 13.4. The van der Waals surface area contributed by atoms with E-state index in [0.29, 0.717) is 27.9 Å². The summed E-state index contributed by atoms with van der Waals surface area (Å²) < 4.78 is 113. The first kappa shape index (κ1) is 32.9. The first-order chi connectivity index (χ1) is 20.5. The van der Waals surface area contributed by atoms with Crippen molar-refractivity contribution in [2.24, 2.45) is 5.92 Å². The fourth-order valence-corrected chi connectivity index (χ4v) is 5.51. The number of alkyl halides is 6. The zero-order valence-electron chi connectivity index (χ0n) is 22.4. The number of carbonyl (C=O) groups excluding carboxylic acids is 2. The number of nitrogens with zero attached hydrogens (tertiary/aromatic N) is 3. The predicted octanol–water partition coefficient (Wildman–Crippen LogP) is 7.19. The molecule has 0 bridgehead atoms. The molecule has 0 spiro atoms. The van der Waals surface area contributed by atoms with Gasteiger partial charge in [0.15, 0.2) is 11.5 Å². The third kappa shape index (κ3) is 7.20. The van der Waals surface area contributed by atoms with Crippen molar-refractivity contribution in [1.82, 2.24) is 14.7 Å². The number of aliphatic carboxylic acids is 1. The molecule has 16 heteroatoms. The number of Topliss-reactive ketones (excluding diaryl/α,β-unsaturated/α-hetero) is 1. The summed E-state index contributed by atoms with van der Waals surface area (Å²) in [6.45, 7) is -2.13. The van der Waals surface area contributed by atoms with Crippen LogP contribution in [0.3, 0.4) is 0 Å². The molecule has 0 unspecified atom stereocenters. The van der Waals surface area contributed by atoms with Gasteiger partial charge in [-0.15, -0.1) is 0 Å². The maximum absolute atomic E-state index is 14.4. The van der Waals surface area contributed by atoms with Crippen LogP contribution in [-0.4, -0.2) is 44.0 Å². The lowest BCUT2D eigenvalue weighted by Crippen LogP contribution is -2.37. The van der Waals surface area contributed by atoms with Gasteiger partial charge >= 0.3 is 18.3 Å².